The fourth-order valence-electron chi connectivity index (χ4n) is 0.940. The first-order valence-corrected chi connectivity index (χ1v) is 6.62. The van der Waals surface area contributed by atoms with Gasteiger partial charge in [-0.2, -0.15) is 0 Å². The molecule has 0 aromatic heterocycles. The Labute approximate surface area is 97.7 Å². The Hall–Kier alpha value is -0.710. The molecule has 0 unspecified atom stereocenters. The minimum atomic E-state index is -3.86. The molecule has 0 bridgehead atoms. The monoisotopic (exact) mass is 266 g/mol. The number of hydrogen-bond acceptors (Lipinski definition) is 3. The summed E-state index contributed by atoms with van der Waals surface area (Å²) in [5, 5.41) is 0.278. The fourth-order valence-corrected chi connectivity index (χ4v) is 2.17. The standard InChI is InChI=1S/C9H8Cl2O3S/c1-2-5-14-8-4-3-7(10)6-9(8)15(11,12)13/h2-4,6H,1,5H2. The van der Waals surface area contributed by atoms with E-state index in [2.05, 4.69) is 6.58 Å². The number of benzene rings is 1. The predicted octanol–water partition coefficient (Wildman–Crippen LogP) is 2.83. The lowest BCUT2D eigenvalue weighted by atomic mass is 10.3. The van der Waals surface area contributed by atoms with Crippen LogP contribution < -0.4 is 4.74 Å². The zero-order valence-electron chi connectivity index (χ0n) is 7.61. The summed E-state index contributed by atoms with van der Waals surface area (Å²) in [6.45, 7) is 3.65. The van der Waals surface area contributed by atoms with Crippen molar-refractivity contribution in [3.05, 3.63) is 35.9 Å². The molecule has 0 fully saturated rings. The summed E-state index contributed by atoms with van der Waals surface area (Å²) in [6, 6.07) is 4.20. The van der Waals surface area contributed by atoms with Gasteiger partial charge in [0.05, 0.1) is 0 Å². The molecule has 1 rings (SSSR count). The molecule has 0 atom stereocenters. The summed E-state index contributed by atoms with van der Waals surface area (Å²) in [5.74, 6) is 0.161. The highest BCUT2D eigenvalue weighted by Crippen LogP contribution is 2.29. The van der Waals surface area contributed by atoms with Crippen LogP contribution in [0.4, 0.5) is 0 Å². The third kappa shape index (κ3) is 3.41. The lowest BCUT2D eigenvalue weighted by molar-refractivity contribution is 0.353. The van der Waals surface area contributed by atoms with Gasteiger partial charge < -0.3 is 4.74 Å². The fraction of sp³-hybridized carbons (Fsp3) is 0.111. The number of rotatable bonds is 4. The van der Waals surface area contributed by atoms with Gasteiger partial charge in [0.2, 0.25) is 0 Å². The molecule has 0 amide bonds. The Morgan fingerprint density at radius 1 is 1.47 bits per heavy atom. The zero-order valence-corrected chi connectivity index (χ0v) is 9.94. The maximum atomic E-state index is 11.2. The summed E-state index contributed by atoms with van der Waals surface area (Å²) < 4.78 is 27.5. The highest BCUT2D eigenvalue weighted by Gasteiger charge is 2.17. The predicted molar refractivity (Wildman–Crippen MR) is 60.2 cm³/mol. The van der Waals surface area contributed by atoms with Gasteiger partial charge in [-0.25, -0.2) is 8.42 Å². The highest BCUT2D eigenvalue weighted by molar-refractivity contribution is 8.13. The van der Waals surface area contributed by atoms with Crippen molar-refractivity contribution in [3.8, 4) is 5.75 Å². The molecule has 1 aromatic rings. The van der Waals surface area contributed by atoms with E-state index in [1.165, 1.54) is 24.3 Å². The summed E-state index contributed by atoms with van der Waals surface area (Å²) >= 11 is 5.66. The Morgan fingerprint density at radius 3 is 2.67 bits per heavy atom. The molecule has 6 heteroatoms. The molecular weight excluding hydrogens is 259 g/mol. The van der Waals surface area contributed by atoms with Crippen molar-refractivity contribution in [2.45, 2.75) is 4.90 Å². The van der Waals surface area contributed by atoms with E-state index in [1.54, 1.807) is 0 Å². The van der Waals surface area contributed by atoms with E-state index in [0.29, 0.717) is 0 Å². The van der Waals surface area contributed by atoms with Gasteiger partial charge >= 0.3 is 0 Å². The molecule has 0 aliphatic heterocycles. The largest absolute Gasteiger partial charge is 0.488 e. The second-order valence-corrected chi connectivity index (χ2v) is 5.60. The second kappa shape index (κ2) is 4.88. The summed E-state index contributed by atoms with van der Waals surface area (Å²) in [6.07, 6.45) is 1.50. The molecule has 0 radical (unpaired) electrons. The maximum Gasteiger partial charge on any atom is 0.265 e. The average molecular weight is 267 g/mol. The van der Waals surface area contributed by atoms with Crippen LogP contribution in [0.3, 0.4) is 0 Å². The molecule has 0 aliphatic carbocycles. The normalized spacial score (nSPS) is 11.1. The molecule has 0 N–H and O–H groups in total. The van der Waals surface area contributed by atoms with Gasteiger partial charge in [0.25, 0.3) is 9.05 Å². The smallest absolute Gasteiger partial charge is 0.265 e. The van der Waals surface area contributed by atoms with E-state index in [0.717, 1.165) is 0 Å². The Balaban J connectivity index is 3.21. The van der Waals surface area contributed by atoms with Crippen LogP contribution in [-0.4, -0.2) is 15.0 Å². The van der Waals surface area contributed by atoms with Crippen molar-refractivity contribution < 1.29 is 13.2 Å². The van der Waals surface area contributed by atoms with Crippen LogP contribution in [0.15, 0.2) is 35.7 Å². The molecule has 0 spiro atoms. The first-order chi connectivity index (χ1) is 6.95. The van der Waals surface area contributed by atoms with E-state index in [9.17, 15) is 8.42 Å². The molecule has 15 heavy (non-hydrogen) atoms. The molecule has 0 heterocycles. The van der Waals surface area contributed by atoms with Gasteiger partial charge in [-0.1, -0.05) is 24.3 Å². The van der Waals surface area contributed by atoms with Gasteiger partial charge in [-0.15, -0.1) is 0 Å². The summed E-state index contributed by atoms with van der Waals surface area (Å²) in [5.41, 5.74) is 0. The topological polar surface area (TPSA) is 43.4 Å². The molecule has 82 valence electrons. The quantitative estimate of drug-likeness (QED) is 0.622. The van der Waals surface area contributed by atoms with Gasteiger partial charge in [0, 0.05) is 15.7 Å². The third-order valence-electron chi connectivity index (χ3n) is 1.53. The van der Waals surface area contributed by atoms with E-state index in [1.807, 2.05) is 0 Å². The van der Waals surface area contributed by atoms with Gasteiger partial charge in [0.1, 0.15) is 17.3 Å². The number of hydrogen-bond donors (Lipinski definition) is 0. The van der Waals surface area contributed by atoms with Crippen molar-refractivity contribution in [2.24, 2.45) is 0 Å². The maximum absolute atomic E-state index is 11.2. The van der Waals surface area contributed by atoms with E-state index < -0.39 is 9.05 Å². The van der Waals surface area contributed by atoms with Crippen LogP contribution >= 0.6 is 22.3 Å². The summed E-state index contributed by atoms with van der Waals surface area (Å²) in [7, 11) is 1.36. The van der Waals surface area contributed by atoms with E-state index in [4.69, 9.17) is 27.0 Å². The van der Waals surface area contributed by atoms with Crippen molar-refractivity contribution >= 4 is 31.3 Å². The van der Waals surface area contributed by atoms with Crippen LogP contribution in [0.2, 0.25) is 5.02 Å². The lowest BCUT2D eigenvalue weighted by Crippen LogP contribution is -1.99. The minimum Gasteiger partial charge on any atom is -0.488 e. The van der Waals surface area contributed by atoms with Crippen molar-refractivity contribution in [2.75, 3.05) is 6.61 Å². The molecular formula is C9H8Cl2O3S. The minimum absolute atomic E-state index is 0.140. The number of ether oxygens (including phenoxy) is 1. The highest BCUT2D eigenvalue weighted by atomic mass is 35.7. The first-order valence-electron chi connectivity index (χ1n) is 3.93. The zero-order chi connectivity index (χ0) is 11.5. The molecule has 0 saturated carbocycles. The Bertz CT molecular complexity index is 468. The van der Waals surface area contributed by atoms with E-state index >= 15 is 0 Å². The summed E-state index contributed by atoms with van der Waals surface area (Å²) in [4.78, 5) is -0.140. The van der Waals surface area contributed by atoms with Crippen LogP contribution in [-0.2, 0) is 9.05 Å². The van der Waals surface area contributed by atoms with Crippen LogP contribution in [0, 0.1) is 0 Å². The molecule has 0 saturated heterocycles. The van der Waals surface area contributed by atoms with Crippen molar-refractivity contribution in [3.63, 3.8) is 0 Å². The lowest BCUT2D eigenvalue weighted by Gasteiger charge is -2.07. The Kier molecular flexibility index (Phi) is 4.02. The molecule has 3 nitrogen and oxygen atoms in total. The van der Waals surface area contributed by atoms with Crippen LogP contribution in [0.5, 0.6) is 5.75 Å². The van der Waals surface area contributed by atoms with Crippen molar-refractivity contribution in [1.29, 1.82) is 0 Å². The van der Waals surface area contributed by atoms with Crippen molar-refractivity contribution in [1.82, 2.24) is 0 Å². The van der Waals surface area contributed by atoms with Gasteiger partial charge in [-0.3, -0.25) is 0 Å². The van der Waals surface area contributed by atoms with Crippen LogP contribution in [0.1, 0.15) is 0 Å². The molecule has 1 aromatic carbocycles. The Morgan fingerprint density at radius 2 is 2.13 bits per heavy atom. The average Bonchev–Trinajstić information content (AvgIpc) is 2.14. The SMILES string of the molecule is C=CCOc1ccc(Cl)cc1S(=O)(=O)Cl. The third-order valence-corrected chi connectivity index (χ3v) is 3.10. The molecule has 0 aliphatic rings. The number of halogens is 2. The van der Waals surface area contributed by atoms with Crippen LogP contribution in [0.25, 0.3) is 0 Å². The van der Waals surface area contributed by atoms with Gasteiger partial charge in [-0.05, 0) is 18.2 Å². The van der Waals surface area contributed by atoms with Gasteiger partial charge in [0.15, 0.2) is 0 Å². The van der Waals surface area contributed by atoms with E-state index in [-0.39, 0.29) is 22.3 Å². The first kappa shape index (κ1) is 12.4. The second-order valence-electron chi connectivity index (χ2n) is 2.63.